The first-order valence-corrected chi connectivity index (χ1v) is 4.71. The Balaban J connectivity index is 2.60. The maximum absolute atomic E-state index is 12.6. The van der Waals surface area contributed by atoms with Crippen LogP contribution in [-0.2, 0) is 0 Å². The number of hydrogen-bond acceptors (Lipinski definition) is 3. The highest BCUT2D eigenvalue weighted by Crippen LogP contribution is 2.11. The number of amides is 1. The highest BCUT2D eigenvalue weighted by Gasteiger charge is 2.28. The highest BCUT2D eigenvalue weighted by molar-refractivity contribution is 6.29. The zero-order valence-electron chi connectivity index (χ0n) is 8.08. The van der Waals surface area contributed by atoms with E-state index in [4.69, 9.17) is 16.7 Å². The first-order chi connectivity index (χ1) is 7.44. The Morgan fingerprint density at radius 2 is 2.31 bits per heavy atom. The topological polar surface area (TPSA) is 62.2 Å². The van der Waals surface area contributed by atoms with Gasteiger partial charge in [0.2, 0.25) is 0 Å². The Bertz CT molecular complexity index is 388. The van der Waals surface area contributed by atoms with E-state index in [-0.39, 0.29) is 10.7 Å². The first kappa shape index (κ1) is 12.8. The summed E-state index contributed by atoms with van der Waals surface area (Å²) in [5.41, 5.74) is 0.133. The normalized spacial score (nSPS) is 11.2. The van der Waals surface area contributed by atoms with E-state index >= 15 is 0 Å². The van der Waals surface area contributed by atoms with E-state index in [9.17, 15) is 13.6 Å². The number of carbonyl (C=O) groups excluding carboxylic acids is 1. The minimum atomic E-state index is -3.33. The van der Waals surface area contributed by atoms with Crippen molar-refractivity contribution in [1.82, 2.24) is 10.3 Å². The van der Waals surface area contributed by atoms with E-state index in [1.807, 2.05) is 5.32 Å². The lowest BCUT2D eigenvalue weighted by Gasteiger charge is -2.13. The molecule has 0 atom stereocenters. The molecule has 1 heterocycles. The number of nitrogens with one attached hydrogen (secondary N) is 1. The van der Waals surface area contributed by atoms with Gasteiger partial charge < -0.3 is 10.4 Å². The van der Waals surface area contributed by atoms with E-state index in [1.165, 1.54) is 18.3 Å². The zero-order valence-corrected chi connectivity index (χ0v) is 8.84. The summed E-state index contributed by atoms with van der Waals surface area (Å²) >= 11 is 5.53. The van der Waals surface area contributed by atoms with Crippen LogP contribution in [0.2, 0.25) is 5.15 Å². The molecule has 1 rings (SSSR count). The van der Waals surface area contributed by atoms with Gasteiger partial charge in [-0.3, -0.25) is 4.79 Å². The molecule has 0 fully saturated rings. The Morgan fingerprint density at radius 3 is 2.88 bits per heavy atom. The van der Waals surface area contributed by atoms with Crippen molar-refractivity contribution in [2.75, 3.05) is 13.2 Å². The molecule has 0 bridgehead atoms. The number of rotatable bonds is 4. The van der Waals surface area contributed by atoms with Crippen molar-refractivity contribution < 1.29 is 18.7 Å². The number of alkyl halides is 2. The second-order valence-electron chi connectivity index (χ2n) is 3.06. The number of nitrogens with zero attached hydrogens (tertiary/aromatic N) is 1. The molecule has 0 aliphatic rings. The molecule has 7 heteroatoms. The lowest BCUT2D eigenvalue weighted by atomic mass is 10.2. The number of aliphatic hydroxyl groups is 1. The fourth-order valence-electron chi connectivity index (χ4n) is 0.911. The fourth-order valence-corrected chi connectivity index (χ4v) is 1.09. The lowest BCUT2D eigenvalue weighted by molar-refractivity contribution is -0.0462. The number of aliphatic hydroxyl groups excluding tert-OH is 1. The number of hydrogen-bond donors (Lipinski definition) is 2. The lowest BCUT2D eigenvalue weighted by Crippen LogP contribution is -2.38. The van der Waals surface area contributed by atoms with Gasteiger partial charge in [0.25, 0.3) is 11.8 Å². The number of halogens is 3. The molecule has 0 aliphatic heterocycles. The van der Waals surface area contributed by atoms with Crippen LogP contribution < -0.4 is 5.32 Å². The van der Waals surface area contributed by atoms with Crippen molar-refractivity contribution in [2.45, 2.75) is 5.92 Å². The SMILES string of the molecule is O=C(NCC(F)(F)CO)c1ccnc(Cl)c1. The van der Waals surface area contributed by atoms with E-state index in [2.05, 4.69) is 4.98 Å². The fraction of sp³-hybridized carbons (Fsp3) is 0.333. The molecule has 2 N–H and O–H groups in total. The van der Waals surface area contributed by atoms with Crippen molar-refractivity contribution >= 4 is 17.5 Å². The van der Waals surface area contributed by atoms with Crippen molar-refractivity contribution in [1.29, 1.82) is 0 Å². The molecule has 4 nitrogen and oxygen atoms in total. The van der Waals surface area contributed by atoms with Crippen LogP contribution in [0.1, 0.15) is 10.4 Å². The summed E-state index contributed by atoms with van der Waals surface area (Å²) in [5.74, 6) is -4.02. The Morgan fingerprint density at radius 1 is 1.62 bits per heavy atom. The molecule has 88 valence electrons. The quantitative estimate of drug-likeness (QED) is 0.787. The Labute approximate surface area is 95.3 Å². The molecular weight excluding hydrogens is 242 g/mol. The predicted molar refractivity (Wildman–Crippen MR) is 53.6 cm³/mol. The summed E-state index contributed by atoms with van der Waals surface area (Å²) in [4.78, 5) is 15.0. The van der Waals surface area contributed by atoms with Crippen LogP contribution in [0, 0.1) is 0 Å². The third-order valence-corrected chi connectivity index (χ3v) is 1.93. The van der Waals surface area contributed by atoms with Crippen molar-refractivity contribution in [2.24, 2.45) is 0 Å². The minimum absolute atomic E-state index is 0.0987. The highest BCUT2D eigenvalue weighted by atomic mass is 35.5. The first-order valence-electron chi connectivity index (χ1n) is 4.33. The van der Waals surface area contributed by atoms with Crippen molar-refractivity contribution in [3.63, 3.8) is 0 Å². The Hall–Kier alpha value is -1.27. The van der Waals surface area contributed by atoms with Crippen LogP contribution in [0.25, 0.3) is 0 Å². The van der Waals surface area contributed by atoms with Gasteiger partial charge in [-0.1, -0.05) is 11.6 Å². The molecule has 0 aromatic carbocycles. The largest absolute Gasteiger partial charge is 0.390 e. The summed E-state index contributed by atoms with van der Waals surface area (Å²) in [7, 11) is 0. The predicted octanol–water partition coefficient (Wildman–Crippen LogP) is 1.09. The summed E-state index contributed by atoms with van der Waals surface area (Å²) in [6, 6.07) is 2.60. The van der Waals surface area contributed by atoms with Gasteiger partial charge in [-0.15, -0.1) is 0 Å². The molecule has 1 aromatic heterocycles. The van der Waals surface area contributed by atoms with Crippen molar-refractivity contribution in [3.8, 4) is 0 Å². The van der Waals surface area contributed by atoms with Crippen LogP contribution in [0.5, 0.6) is 0 Å². The number of aromatic nitrogens is 1. The van der Waals surface area contributed by atoms with Gasteiger partial charge in [-0.2, -0.15) is 0 Å². The molecule has 16 heavy (non-hydrogen) atoms. The third-order valence-electron chi connectivity index (χ3n) is 1.73. The molecule has 0 aliphatic carbocycles. The maximum atomic E-state index is 12.6. The Kier molecular flexibility index (Phi) is 4.14. The van der Waals surface area contributed by atoms with Gasteiger partial charge in [0.1, 0.15) is 11.8 Å². The number of pyridine rings is 1. The molecule has 0 saturated carbocycles. The van der Waals surface area contributed by atoms with Crippen molar-refractivity contribution in [3.05, 3.63) is 29.0 Å². The van der Waals surface area contributed by atoms with E-state index in [0.29, 0.717) is 0 Å². The smallest absolute Gasteiger partial charge is 0.287 e. The monoisotopic (exact) mass is 250 g/mol. The van der Waals surface area contributed by atoms with Gasteiger partial charge >= 0.3 is 0 Å². The zero-order chi connectivity index (χ0) is 12.2. The average Bonchev–Trinajstić information content (AvgIpc) is 2.26. The maximum Gasteiger partial charge on any atom is 0.287 e. The van der Waals surface area contributed by atoms with Gasteiger partial charge in [0.05, 0.1) is 6.54 Å². The minimum Gasteiger partial charge on any atom is -0.390 e. The average molecular weight is 251 g/mol. The molecule has 0 radical (unpaired) electrons. The number of carbonyl (C=O) groups is 1. The molecule has 1 amide bonds. The van der Waals surface area contributed by atoms with Crippen LogP contribution in [-0.4, -0.2) is 35.1 Å². The second-order valence-corrected chi connectivity index (χ2v) is 3.45. The molecule has 0 unspecified atom stereocenters. The van der Waals surface area contributed by atoms with E-state index in [0.717, 1.165) is 0 Å². The van der Waals surface area contributed by atoms with Crippen LogP contribution >= 0.6 is 11.6 Å². The van der Waals surface area contributed by atoms with Gasteiger partial charge in [-0.05, 0) is 12.1 Å². The molecular formula is C9H9ClF2N2O2. The van der Waals surface area contributed by atoms with Gasteiger partial charge in [0.15, 0.2) is 0 Å². The standard InChI is InChI=1S/C9H9ClF2N2O2/c10-7-3-6(1-2-13-7)8(16)14-4-9(11,12)5-15/h1-3,15H,4-5H2,(H,14,16). The second kappa shape index (κ2) is 5.18. The van der Waals surface area contributed by atoms with E-state index in [1.54, 1.807) is 0 Å². The summed E-state index contributed by atoms with van der Waals surface area (Å²) < 4.78 is 25.2. The third kappa shape index (κ3) is 3.71. The molecule has 1 aromatic rings. The van der Waals surface area contributed by atoms with Crippen LogP contribution in [0.15, 0.2) is 18.3 Å². The van der Waals surface area contributed by atoms with Crippen LogP contribution in [0.3, 0.4) is 0 Å². The van der Waals surface area contributed by atoms with Gasteiger partial charge in [-0.25, -0.2) is 13.8 Å². The van der Waals surface area contributed by atoms with Gasteiger partial charge in [0, 0.05) is 11.8 Å². The van der Waals surface area contributed by atoms with E-state index < -0.39 is 25.0 Å². The molecule has 0 spiro atoms. The summed E-state index contributed by atoms with van der Waals surface area (Å²) in [6.45, 7) is -2.24. The summed E-state index contributed by atoms with van der Waals surface area (Å²) in [5, 5.41) is 10.4. The summed E-state index contributed by atoms with van der Waals surface area (Å²) in [6.07, 6.45) is 1.29. The molecule has 0 saturated heterocycles. The van der Waals surface area contributed by atoms with Crippen LogP contribution in [0.4, 0.5) is 8.78 Å².